The fourth-order valence-electron chi connectivity index (χ4n) is 5.26. The number of imidazole rings is 2. The number of hydrogen-bond donors (Lipinski definition) is 4. The van der Waals surface area contributed by atoms with E-state index >= 15 is 0 Å². The van der Waals surface area contributed by atoms with E-state index in [2.05, 4.69) is 19.9 Å². The molecule has 182 valence electrons. The Bertz CT molecular complexity index is 1330. The number of rotatable bonds is 7. The van der Waals surface area contributed by atoms with Gasteiger partial charge in [-0.2, -0.15) is 0 Å². The second-order valence-electron chi connectivity index (χ2n) is 9.90. The highest BCUT2D eigenvalue weighted by Gasteiger charge is 2.49. The van der Waals surface area contributed by atoms with E-state index in [9.17, 15) is 19.8 Å². The number of H-pyrrole nitrogens is 2. The SMILES string of the molecule is O=C(O)C1(c2nc(-c3ccc(-c4ccc(-c5c[nH]c(C6(C(=O)O)CCC6)n5)cc4)cc3)c[nH]2)CCC1. The number of hydrogen-bond acceptors (Lipinski definition) is 4. The van der Waals surface area contributed by atoms with Gasteiger partial charge in [-0.25, -0.2) is 9.97 Å². The first-order chi connectivity index (χ1) is 17.4. The molecule has 2 aromatic carbocycles. The van der Waals surface area contributed by atoms with Crippen molar-refractivity contribution in [3.05, 3.63) is 72.6 Å². The Labute approximate surface area is 207 Å². The van der Waals surface area contributed by atoms with Gasteiger partial charge in [0.25, 0.3) is 0 Å². The third-order valence-corrected chi connectivity index (χ3v) is 7.99. The second-order valence-corrected chi connectivity index (χ2v) is 9.90. The number of aromatic nitrogens is 4. The summed E-state index contributed by atoms with van der Waals surface area (Å²) in [6.07, 6.45) is 7.82. The van der Waals surface area contributed by atoms with Gasteiger partial charge < -0.3 is 20.2 Å². The molecule has 8 heteroatoms. The van der Waals surface area contributed by atoms with Crippen molar-refractivity contribution in [2.45, 2.75) is 49.4 Å². The van der Waals surface area contributed by atoms with Crippen LogP contribution in [0.3, 0.4) is 0 Å². The van der Waals surface area contributed by atoms with Crippen molar-refractivity contribution in [2.24, 2.45) is 0 Å². The molecule has 2 fully saturated rings. The van der Waals surface area contributed by atoms with Crippen LogP contribution in [-0.4, -0.2) is 42.1 Å². The van der Waals surface area contributed by atoms with Crippen LogP contribution >= 0.6 is 0 Å². The number of nitrogens with one attached hydrogen (secondary N) is 2. The van der Waals surface area contributed by atoms with Crippen LogP contribution in [0.5, 0.6) is 0 Å². The number of carboxylic acid groups (broad SMARTS) is 2. The standard InChI is InChI=1S/C28H26N4O4/c33-25(34)27(11-1-12-27)23-29-15-21(31-23)19-7-3-17(4-8-19)18-5-9-20(10-6-18)22-16-30-24(32-22)28(26(35)36)13-2-14-28/h3-10,15-16H,1-2,11-14H2,(H,29,31)(H,30,32)(H,33,34)(H,35,36). The van der Waals surface area contributed by atoms with E-state index in [1.165, 1.54) is 0 Å². The molecule has 2 aliphatic rings. The summed E-state index contributed by atoms with van der Waals surface area (Å²) in [7, 11) is 0. The van der Waals surface area contributed by atoms with E-state index < -0.39 is 22.8 Å². The highest BCUT2D eigenvalue weighted by Crippen LogP contribution is 2.44. The van der Waals surface area contributed by atoms with Crippen LogP contribution in [0.15, 0.2) is 60.9 Å². The lowest BCUT2D eigenvalue weighted by molar-refractivity contribution is -0.148. The predicted molar refractivity (Wildman–Crippen MR) is 133 cm³/mol. The zero-order valence-corrected chi connectivity index (χ0v) is 19.6. The van der Waals surface area contributed by atoms with E-state index in [4.69, 9.17) is 0 Å². The van der Waals surface area contributed by atoms with Crippen LogP contribution in [0, 0.1) is 0 Å². The average Bonchev–Trinajstić information content (AvgIpc) is 3.49. The number of nitrogens with zero attached hydrogens (tertiary/aromatic N) is 2. The minimum absolute atomic E-state index is 0.532. The first-order valence-corrected chi connectivity index (χ1v) is 12.2. The number of aromatic amines is 2. The van der Waals surface area contributed by atoms with Crippen molar-refractivity contribution in [2.75, 3.05) is 0 Å². The van der Waals surface area contributed by atoms with Gasteiger partial charge >= 0.3 is 11.9 Å². The highest BCUT2D eigenvalue weighted by molar-refractivity contribution is 5.82. The molecule has 0 amide bonds. The maximum Gasteiger partial charge on any atom is 0.317 e. The minimum atomic E-state index is -0.874. The van der Waals surface area contributed by atoms with Gasteiger partial charge in [0.15, 0.2) is 0 Å². The molecule has 2 saturated carbocycles. The largest absolute Gasteiger partial charge is 0.480 e. The molecule has 0 bridgehead atoms. The lowest BCUT2D eigenvalue weighted by Gasteiger charge is -2.35. The third-order valence-electron chi connectivity index (χ3n) is 7.99. The fraction of sp³-hybridized carbons (Fsp3) is 0.286. The van der Waals surface area contributed by atoms with E-state index in [0.717, 1.165) is 46.5 Å². The zero-order chi connectivity index (χ0) is 24.9. The van der Waals surface area contributed by atoms with Gasteiger partial charge in [-0.15, -0.1) is 0 Å². The summed E-state index contributed by atoms with van der Waals surface area (Å²) < 4.78 is 0. The molecule has 2 aliphatic carbocycles. The quantitative estimate of drug-likeness (QED) is 0.288. The Morgan fingerprint density at radius 1 is 0.611 bits per heavy atom. The number of aliphatic carboxylic acids is 2. The van der Waals surface area contributed by atoms with Gasteiger partial charge in [-0.3, -0.25) is 9.59 Å². The summed E-state index contributed by atoms with van der Waals surface area (Å²) in [5.74, 6) is -0.569. The maximum atomic E-state index is 11.8. The van der Waals surface area contributed by atoms with Gasteiger partial charge in [0.1, 0.15) is 22.5 Å². The summed E-state index contributed by atoms with van der Waals surface area (Å²) in [4.78, 5) is 38.9. The molecule has 2 aromatic heterocycles. The van der Waals surface area contributed by atoms with E-state index in [1.807, 2.05) is 48.5 Å². The number of carbonyl (C=O) groups is 2. The van der Waals surface area contributed by atoms with Gasteiger partial charge in [-0.05, 0) is 36.8 Å². The molecule has 0 radical (unpaired) electrons. The smallest absolute Gasteiger partial charge is 0.317 e. The van der Waals surface area contributed by atoms with Crippen LogP contribution in [0.25, 0.3) is 33.6 Å². The highest BCUT2D eigenvalue weighted by atomic mass is 16.4. The molecular weight excluding hydrogens is 456 g/mol. The zero-order valence-electron chi connectivity index (χ0n) is 19.6. The number of benzene rings is 2. The first kappa shape index (κ1) is 22.3. The molecule has 0 saturated heterocycles. The molecule has 0 unspecified atom stereocenters. The third kappa shape index (κ3) is 3.36. The molecular formula is C28H26N4O4. The van der Waals surface area contributed by atoms with Crippen LogP contribution in [-0.2, 0) is 20.4 Å². The molecule has 0 atom stereocenters. The van der Waals surface area contributed by atoms with E-state index in [-0.39, 0.29) is 0 Å². The van der Waals surface area contributed by atoms with Crippen molar-refractivity contribution >= 4 is 11.9 Å². The predicted octanol–water partition coefficient (Wildman–Crippen LogP) is 5.15. The molecule has 0 aliphatic heterocycles. The average molecular weight is 483 g/mol. The molecule has 0 spiro atoms. The second kappa shape index (κ2) is 8.19. The van der Waals surface area contributed by atoms with Crippen LogP contribution in [0.4, 0.5) is 0 Å². The van der Waals surface area contributed by atoms with Crippen molar-refractivity contribution in [1.29, 1.82) is 0 Å². The summed E-state index contributed by atoms with van der Waals surface area (Å²) in [5.41, 5.74) is 3.66. The summed E-state index contributed by atoms with van der Waals surface area (Å²) >= 11 is 0. The van der Waals surface area contributed by atoms with Gasteiger partial charge in [0.05, 0.1) is 11.4 Å². The summed E-state index contributed by atoms with van der Waals surface area (Å²) in [6.45, 7) is 0. The molecule has 4 N–H and O–H groups in total. The van der Waals surface area contributed by atoms with Crippen molar-refractivity contribution in [3.63, 3.8) is 0 Å². The Balaban J connectivity index is 1.19. The van der Waals surface area contributed by atoms with Crippen molar-refractivity contribution < 1.29 is 19.8 Å². The van der Waals surface area contributed by atoms with E-state index in [1.54, 1.807) is 12.4 Å². The monoisotopic (exact) mass is 482 g/mol. The molecule has 36 heavy (non-hydrogen) atoms. The normalized spacial score (nSPS) is 17.7. The number of carboxylic acids is 2. The van der Waals surface area contributed by atoms with Crippen LogP contribution in [0.2, 0.25) is 0 Å². The molecule has 6 rings (SSSR count). The van der Waals surface area contributed by atoms with Crippen molar-refractivity contribution in [3.8, 4) is 33.6 Å². The lowest BCUT2D eigenvalue weighted by atomic mass is 9.68. The van der Waals surface area contributed by atoms with Crippen molar-refractivity contribution in [1.82, 2.24) is 19.9 Å². The van der Waals surface area contributed by atoms with Gasteiger partial charge in [-0.1, -0.05) is 61.4 Å². The van der Waals surface area contributed by atoms with Crippen LogP contribution < -0.4 is 0 Å². The molecule has 2 heterocycles. The Hall–Kier alpha value is -4.20. The maximum absolute atomic E-state index is 11.8. The summed E-state index contributed by atoms with van der Waals surface area (Å²) in [5, 5.41) is 19.3. The lowest BCUT2D eigenvalue weighted by Crippen LogP contribution is -2.43. The Morgan fingerprint density at radius 3 is 1.22 bits per heavy atom. The molecule has 4 aromatic rings. The Kier molecular flexibility index (Phi) is 5.07. The Morgan fingerprint density at radius 2 is 0.944 bits per heavy atom. The van der Waals surface area contributed by atoms with Gasteiger partial charge in [0.2, 0.25) is 0 Å². The van der Waals surface area contributed by atoms with E-state index in [0.29, 0.717) is 37.3 Å². The van der Waals surface area contributed by atoms with Crippen LogP contribution in [0.1, 0.15) is 50.2 Å². The first-order valence-electron chi connectivity index (χ1n) is 12.2. The fourth-order valence-corrected chi connectivity index (χ4v) is 5.26. The van der Waals surface area contributed by atoms with Gasteiger partial charge in [0, 0.05) is 23.5 Å². The molecule has 8 nitrogen and oxygen atoms in total. The summed E-state index contributed by atoms with van der Waals surface area (Å²) in [6, 6.07) is 16.0. The topological polar surface area (TPSA) is 132 Å². The minimum Gasteiger partial charge on any atom is -0.480 e.